The van der Waals surface area contributed by atoms with Crippen LogP contribution in [0.2, 0.25) is 5.02 Å². The van der Waals surface area contributed by atoms with Crippen LogP contribution in [-0.2, 0) is 21.5 Å². The molecular formula is C10H12Cl2N2O2S. The highest BCUT2D eigenvalue weighted by Gasteiger charge is 2.17. The van der Waals surface area contributed by atoms with Crippen LogP contribution in [0.25, 0.3) is 0 Å². The summed E-state index contributed by atoms with van der Waals surface area (Å²) in [4.78, 5) is 17.1. The van der Waals surface area contributed by atoms with Crippen LogP contribution in [-0.4, -0.2) is 39.8 Å². The molecule has 1 amide bonds. The van der Waals surface area contributed by atoms with Crippen molar-refractivity contribution in [2.45, 2.75) is 10.8 Å². The summed E-state index contributed by atoms with van der Waals surface area (Å²) in [5.74, 6) is -0.179. The average Bonchev–Trinajstić information content (AvgIpc) is 2.28. The number of alkyl halides is 1. The number of pyridine rings is 1. The molecule has 0 bridgehead atoms. The summed E-state index contributed by atoms with van der Waals surface area (Å²) in [7, 11) is 1.74. The first-order valence-electron chi connectivity index (χ1n) is 4.74. The fraction of sp³-hybridized carbons (Fsp3) is 0.400. The van der Waals surface area contributed by atoms with Gasteiger partial charge >= 0.3 is 0 Å². The van der Waals surface area contributed by atoms with E-state index in [0.29, 0.717) is 15.5 Å². The Balaban J connectivity index is 2.97. The summed E-state index contributed by atoms with van der Waals surface area (Å²) < 4.78 is 12.0. The molecule has 4 nitrogen and oxygen atoms in total. The van der Waals surface area contributed by atoms with E-state index < -0.39 is 10.8 Å². The number of hydrogen-bond acceptors (Lipinski definition) is 3. The molecule has 0 saturated heterocycles. The predicted octanol–water partition coefficient (Wildman–Crippen LogP) is 1.67. The third kappa shape index (κ3) is 3.66. The number of carbonyl (C=O) groups is 1. The molecule has 0 N–H and O–H groups in total. The van der Waals surface area contributed by atoms with Crippen LogP contribution in [0.1, 0.15) is 5.56 Å². The highest BCUT2D eigenvalue weighted by Crippen LogP contribution is 2.23. The van der Waals surface area contributed by atoms with Crippen LogP contribution in [0.5, 0.6) is 0 Å². The van der Waals surface area contributed by atoms with Crippen LogP contribution in [0.3, 0.4) is 0 Å². The summed E-state index contributed by atoms with van der Waals surface area (Å²) in [5.41, 5.74) is 0.563. The highest BCUT2D eigenvalue weighted by molar-refractivity contribution is 7.85. The topological polar surface area (TPSA) is 50.3 Å². The normalized spacial score (nSPS) is 12.2. The molecule has 1 rings (SSSR count). The first kappa shape index (κ1) is 14.4. The fourth-order valence-corrected chi connectivity index (χ4v) is 3.08. The molecule has 1 unspecified atom stereocenters. The van der Waals surface area contributed by atoms with Crippen molar-refractivity contribution in [1.29, 1.82) is 0 Å². The summed E-state index contributed by atoms with van der Waals surface area (Å²) in [6.45, 7) is 0. The lowest BCUT2D eigenvalue weighted by Gasteiger charge is -2.11. The number of rotatable bonds is 4. The van der Waals surface area contributed by atoms with Gasteiger partial charge in [-0.2, -0.15) is 0 Å². The van der Waals surface area contributed by atoms with Gasteiger partial charge in [0.25, 0.3) is 0 Å². The highest BCUT2D eigenvalue weighted by atomic mass is 35.5. The van der Waals surface area contributed by atoms with E-state index in [1.54, 1.807) is 14.1 Å². The maximum atomic E-state index is 12.0. The molecule has 17 heavy (non-hydrogen) atoms. The fourth-order valence-electron chi connectivity index (χ4n) is 1.09. The Bertz CT molecular complexity index is 452. The Hall–Kier alpha value is -0.650. The minimum absolute atomic E-state index is 0.0983. The molecule has 0 aliphatic rings. The lowest BCUT2D eigenvalue weighted by atomic mass is 10.3. The first-order valence-corrected chi connectivity index (χ1v) is 6.97. The third-order valence-corrected chi connectivity index (χ3v) is 4.04. The monoisotopic (exact) mass is 294 g/mol. The smallest absolute Gasteiger partial charge is 0.235 e. The zero-order valence-electron chi connectivity index (χ0n) is 9.44. The Morgan fingerprint density at radius 3 is 2.65 bits per heavy atom. The molecule has 0 fully saturated rings. The van der Waals surface area contributed by atoms with Gasteiger partial charge in [0, 0.05) is 32.1 Å². The number of hydrogen-bond donors (Lipinski definition) is 0. The second kappa shape index (κ2) is 6.33. The molecule has 0 radical (unpaired) electrons. The van der Waals surface area contributed by atoms with Crippen LogP contribution >= 0.6 is 23.2 Å². The van der Waals surface area contributed by atoms with Crippen molar-refractivity contribution in [1.82, 2.24) is 9.88 Å². The molecule has 0 saturated carbocycles. The summed E-state index contributed by atoms with van der Waals surface area (Å²) in [6, 6.07) is 0. The van der Waals surface area contributed by atoms with Crippen molar-refractivity contribution in [2.24, 2.45) is 0 Å². The summed E-state index contributed by atoms with van der Waals surface area (Å²) in [5, 5.41) is 0.364. The third-order valence-electron chi connectivity index (χ3n) is 2.10. The van der Waals surface area contributed by atoms with Crippen LogP contribution < -0.4 is 0 Å². The van der Waals surface area contributed by atoms with Crippen molar-refractivity contribution >= 4 is 39.9 Å². The van der Waals surface area contributed by atoms with Gasteiger partial charge in [0.1, 0.15) is 5.75 Å². The number of nitrogens with zero attached hydrogens (tertiary/aromatic N) is 2. The molecule has 0 aliphatic carbocycles. The van der Waals surface area contributed by atoms with Crippen LogP contribution in [0.4, 0.5) is 0 Å². The zero-order chi connectivity index (χ0) is 13.0. The van der Waals surface area contributed by atoms with Gasteiger partial charge in [0.2, 0.25) is 5.91 Å². The van der Waals surface area contributed by atoms with Gasteiger partial charge in [-0.25, -0.2) is 0 Å². The van der Waals surface area contributed by atoms with E-state index >= 15 is 0 Å². The lowest BCUT2D eigenvalue weighted by Crippen LogP contribution is -2.27. The SMILES string of the molecule is CN(C)C(=O)CS(=O)c1cncc(Cl)c1CCl. The lowest BCUT2D eigenvalue weighted by molar-refractivity contribution is -0.125. The first-order chi connectivity index (χ1) is 7.97. The maximum absolute atomic E-state index is 12.0. The molecule has 1 aromatic rings. The summed E-state index contributed by atoms with van der Waals surface area (Å²) >= 11 is 11.6. The molecule has 0 aromatic carbocycles. The van der Waals surface area contributed by atoms with E-state index in [0.717, 1.165) is 0 Å². The van der Waals surface area contributed by atoms with Gasteiger partial charge in [-0.3, -0.25) is 14.0 Å². The van der Waals surface area contributed by atoms with E-state index in [1.807, 2.05) is 0 Å². The van der Waals surface area contributed by atoms with Crippen molar-refractivity contribution in [3.8, 4) is 0 Å². The van der Waals surface area contributed by atoms with Gasteiger partial charge in [0.15, 0.2) is 0 Å². The quantitative estimate of drug-likeness (QED) is 0.794. The number of aromatic nitrogens is 1. The Morgan fingerprint density at radius 2 is 2.12 bits per heavy atom. The predicted molar refractivity (Wildman–Crippen MR) is 68.8 cm³/mol. The van der Waals surface area contributed by atoms with Gasteiger partial charge in [-0.05, 0) is 0 Å². The standard InChI is InChI=1S/C10H12Cl2N2O2S/c1-14(2)10(15)6-17(16)9-5-13-4-8(12)7(9)3-11/h4-5H,3,6H2,1-2H3. The van der Waals surface area contributed by atoms with Gasteiger partial charge in [-0.1, -0.05) is 11.6 Å². The van der Waals surface area contributed by atoms with Crippen molar-refractivity contribution in [2.75, 3.05) is 19.8 Å². The maximum Gasteiger partial charge on any atom is 0.235 e. The molecular weight excluding hydrogens is 283 g/mol. The minimum Gasteiger partial charge on any atom is -0.348 e. The zero-order valence-corrected chi connectivity index (χ0v) is 11.8. The van der Waals surface area contributed by atoms with Crippen LogP contribution in [0.15, 0.2) is 17.3 Å². The molecule has 0 spiro atoms. The Kier molecular flexibility index (Phi) is 5.36. The van der Waals surface area contributed by atoms with Crippen molar-refractivity contribution in [3.05, 3.63) is 23.0 Å². The molecule has 7 heteroatoms. The second-order valence-electron chi connectivity index (χ2n) is 3.51. The van der Waals surface area contributed by atoms with E-state index in [9.17, 15) is 9.00 Å². The van der Waals surface area contributed by atoms with Crippen LogP contribution in [0, 0.1) is 0 Å². The van der Waals surface area contributed by atoms with Crippen molar-refractivity contribution < 1.29 is 9.00 Å². The minimum atomic E-state index is -1.48. The van der Waals surface area contributed by atoms with E-state index in [4.69, 9.17) is 23.2 Å². The molecule has 1 heterocycles. The number of halogens is 2. The Morgan fingerprint density at radius 1 is 1.47 bits per heavy atom. The molecule has 1 atom stereocenters. The summed E-state index contributed by atoms with van der Waals surface area (Å²) in [6.07, 6.45) is 2.87. The number of amides is 1. The van der Waals surface area contributed by atoms with E-state index in [-0.39, 0.29) is 17.5 Å². The van der Waals surface area contributed by atoms with Gasteiger partial charge < -0.3 is 4.90 Å². The molecule has 1 aromatic heterocycles. The van der Waals surface area contributed by atoms with Gasteiger partial charge in [-0.15, -0.1) is 11.6 Å². The van der Waals surface area contributed by atoms with E-state index in [1.165, 1.54) is 17.3 Å². The second-order valence-corrected chi connectivity index (χ2v) is 5.60. The Labute approximate surface area is 112 Å². The number of carbonyl (C=O) groups excluding carboxylic acids is 1. The largest absolute Gasteiger partial charge is 0.348 e. The average molecular weight is 295 g/mol. The molecule has 0 aliphatic heterocycles. The van der Waals surface area contributed by atoms with E-state index in [2.05, 4.69) is 4.98 Å². The van der Waals surface area contributed by atoms with Crippen molar-refractivity contribution in [3.63, 3.8) is 0 Å². The molecule has 94 valence electrons. The van der Waals surface area contributed by atoms with Gasteiger partial charge in [0.05, 0.1) is 26.6 Å².